The largest absolute Gasteiger partial charge is 0.485 e. The van der Waals surface area contributed by atoms with Crippen molar-refractivity contribution in [2.75, 3.05) is 7.05 Å². The van der Waals surface area contributed by atoms with Crippen molar-refractivity contribution < 1.29 is 13.5 Å². The monoisotopic (exact) mass is 345 g/mol. The Morgan fingerprint density at radius 1 is 1.30 bits per heavy atom. The molecule has 2 nitrogen and oxygen atoms in total. The molecule has 1 aromatic rings. The first-order chi connectivity index (χ1) is 9.56. The maximum Gasteiger partial charge on any atom is 0.169 e. The molecule has 1 spiro atoms. The molecule has 2 unspecified atom stereocenters. The smallest absolute Gasteiger partial charge is 0.169 e. The van der Waals surface area contributed by atoms with Gasteiger partial charge in [-0.05, 0) is 41.9 Å². The summed E-state index contributed by atoms with van der Waals surface area (Å²) in [5.41, 5.74) is 0.120. The number of ether oxygens (including phenoxy) is 1. The van der Waals surface area contributed by atoms with E-state index in [1.54, 1.807) is 0 Å². The van der Waals surface area contributed by atoms with Gasteiger partial charge in [0.2, 0.25) is 0 Å². The van der Waals surface area contributed by atoms with Gasteiger partial charge in [-0.1, -0.05) is 12.8 Å². The topological polar surface area (TPSA) is 21.3 Å². The fourth-order valence-corrected chi connectivity index (χ4v) is 4.31. The van der Waals surface area contributed by atoms with Crippen LogP contribution < -0.4 is 10.1 Å². The third-order valence-corrected chi connectivity index (χ3v) is 5.48. The number of rotatable bonds is 3. The molecule has 2 fully saturated rings. The summed E-state index contributed by atoms with van der Waals surface area (Å²) in [4.78, 5) is 0. The van der Waals surface area contributed by atoms with Crippen LogP contribution in [0, 0.1) is 17.0 Å². The second-order valence-corrected chi connectivity index (χ2v) is 6.68. The van der Waals surface area contributed by atoms with Crippen molar-refractivity contribution in [3.8, 4) is 5.75 Å². The van der Waals surface area contributed by atoms with E-state index in [-0.39, 0.29) is 17.3 Å². The van der Waals surface area contributed by atoms with Crippen LogP contribution in [0.4, 0.5) is 8.78 Å². The SMILES string of the molecule is CNC1CC(Oc2c(F)cc(F)cc2Br)C12CCCC2. The van der Waals surface area contributed by atoms with Gasteiger partial charge in [-0.15, -0.1) is 0 Å². The Balaban J connectivity index is 1.82. The van der Waals surface area contributed by atoms with E-state index in [1.165, 1.54) is 18.9 Å². The second-order valence-electron chi connectivity index (χ2n) is 5.82. The second kappa shape index (κ2) is 5.26. The van der Waals surface area contributed by atoms with Crippen molar-refractivity contribution in [3.05, 3.63) is 28.2 Å². The van der Waals surface area contributed by atoms with Crippen molar-refractivity contribution in [2.24, 2.45) is 5.41 Å². The third kappa shape index (κ3) is 2.15. The van der Waals surface area contributed by atoms with E-state index in [9.17, 15) is 8.78 Å². The average molecular weight is 346 g/mol. The molecular formula is C15H18BrF2NO. The summed E-state index contributed by atoms with van der Waals surface area (Å²) in [6.45, 7) is 0. The lowest BCUT2D eigenvalue weighted by Crippen LogP contribution is -2.63. The molecule has 0 amide bonds. The lowest BCUT2D eigenvalue weighted by Gasteiger charge is -2.53. The van der Waals surface area contributed by atoms with Gasteiger partial charge in [0.25, 0.3) is 0 Å². The van der Waals surface area contributed by atoms with Gasteiger partial charge in [0.1, 0.15) is 11.9 Å². The van der Waals surface area contributed by atoms with E-state index in [2.05, 4.69) is 21.2 Å². The molecule has 0 heterocycles. The van der Waals surface area contributed by atoms with Gasteiger partial charge >= 0.3 is 0 Å². The molecule has 2 atom stereocenters. The first kappa shape index (κ1) is 14.3. The molecule has 2 aliphatic carbocycles. The summed E-state index contributed by atoms with van der Waals surface area (Å²) < 4.78 is 33.2. The van der Waals surface area contributed by atoms with Crippen molar-refractivity contribution in [3.63, 3.8) is 0 Å². The highest BCUT2D eigenvalue weighted by atomic mass is 79.9. The average Bonchev–Trinajstić information content (AvgIpc) is 2.88. The zero-order valence-electron chi connectivity index (χ0n) is 11.4. The highest BCUT2D eigenvalue weighted by Gasteiger charge is 2.57. The highest BCUT2D eigenvalue weighted by Crippen LogP contribution is 2.55. The van der Waals surface area contributed by atoms with Gasteiger partial charge in [-0.3, -0.25) is 0 Å². The molecule has 1 aromatic carbocycles. The van der Waals surface area contributed by atoms with Crippen LogP contribution in [0.1, 0.15) is 32.1 Å². The molecule has 0 aromatic heterocycles. The zero-order valence-corrected chi connectivity index (χ0v) is 13.0. The third-order valence-electron chi connectivity index (χ3n) is 4.89. The lowest BCUT2D eigenvalue weighted by molar-refractivity contribution is -0.0755. The minimum atomic E-state index is -0.641. The fraction of sp³-hybridized carbons (Fsp3) is 0.600. The molecule has 0 bridgehead atoms. The fourth-order valence-electron chi connectivity index (χ4n) is 3.81. The van der Waals surface area contributed by atoms with Gasteiger partial charge in [-0.2, -0.15) is 0 Å². The first-order valence-corrected chi connectivity index (χ1v) is 7.84. The van der Waals surface area contributed by atoms with E-state index >= 15 is 0 Å². The minimum absolute atomic E-state index is 0.0127. The Morgan fingerprint density at radius 2 is 2.00 bits per heavy atom. The minimum Gasteiger partial charge on any atom is -0.485 e. The summed E-state index contributed by atoms with van der Waals surface area (Å²) >= 11 is 3.19. The molecule has 1 N–H and O–H groups in total. The molecule has 2 aliphatic rings. The van der Waals surface area contributed by atoms with Crippen molar-refractivity contribution in [1.29, 1.82) is 0 Å². The summed E-state index contributed by atoms with van der Waals surface area (Å²) in [5.74, 6) is -1.10. The Morgan fingerprint density at radius 3 is 2.60 bits per heavy atom. The van der Waals surface area contributed by atoms with Crippen LogP contribution in [0.15, 0.2) is 16.6 Å². The van der Waals surface area contributed by atoms with Crippen molar-refractivity contribution in [2.45, 2.75) is 44.2 Å². The van der Waals surface area contributed by atoms with Gasteiger partial charge in [0, 0.05) is 23.9 Å². The predicted octanol–water partition coefficient (Wildman–Crippen LogP) is 4.03. The lowest BCUT2D eigenvalue weighted by atomic mass is 9.60. The summed E-state index contributed by atoms with van der Waals surface area (Å²) in [7, 11) is 1.97. The summed E-state index contributed by atoms with van der Waals surface area (Å²) in [6.07, 6.45) is 5.52. The predicted molar refractivity (Wildman–Crippen MR) is 76.8 cm³/mol. The number of hydrogen-bond donors (Lipinski definition) is 1. The highest BCUT2D eigenvalue weighted by molar-refractivity contribution is 9.10. The van der Waals surface area contributed by atoms with E-state index < -0.39 is 11.6 Å². The van der Waals surface area contributed by atoms with Gasteiger partial charge in [-0.25, -0.2) is 8.78 Å². The Bertz CT molecular complexity index is 494. The van der Waals surface area contributed by atoms with E-state index in [1.807, 2.05) is 7.05 Å². The number of benzene rings is 1. The summed E-state index contributed by atoms with van der Waals surface area (Å²) in [5, 5.41) is 3.34. The maximum atomic E-state index is 13.9. The number of halogens is 3. The van der Waals surface area contributed by atoms with E-state index in [4.69, 9.17) is 4.74 Å². The van der Waals surface area contributed by atoms with Crippen LogP contribution in [-0.4, -0.2) is 19.2 Å². The molecule has 0 radical (unpaired) electrons. The van der Waals surface area contributed by atoms with Crippen molar-refractivity contribution >= 4 is 15.9 Å². The normalized spacial score (nSPS) is 27.6. The van der Waals surface area contributed by atoms with Crippen LogP contribution in [-0.2, 0) is 0 Å². The molecule has 2 saturated carbocycles. The quantitative estimate of drug-likeness (QED) is 0.892. The molecule has 0 saturated heterocycles. The Hall–Kier alpha value is -0.680. The first-order valence-electron chi connectivity index (χ1n) is 7.05. The van der Waals surface area contributed by atoms with Crippen LogP contribution in [0.3, 0.4) is 0 Å². The molecule has 5 heteroatoms. The number of hydrogen-bond acceptors (Lipinski definition) is 2. The zero-order chi connectivity index (χ0) is 14.3. The molecule has 20 heavy (non-hydrogen) atoms. The number of nitrogens with one attached hydrogen (secondary N) is 1. The van der Waals surface area contributed by atoms with E-state index in [0.717, 1.165) is 25.3 Å². The summed E-state index contributed by atoms with van der Waals surface area (Å²) in [6, 6.07) is 2.56. The molecule has 0 aliphatic heterocycles. The standard InChI is InChI=1S/C15H18BrF2NO/c1-19-12-8-13(15(12)4-2-3-5-15)20-14-10(16)6-9(17)7-11(14)18/h6-7,12-13,19H,2-5,8H2,1H3. The van der Waals surface area contributed by atoms with E-state index in [0.29, 0.717) is 10.5 Å². The molecular weight excluding hydrogens is 328 g/mol. The molecule has 110 valence electrons. The maximum absolute atomic E-state index is 13.9. The van der Waals surface area contributed by atoms with Crippen molar-refractivity contribution in [1.82, 2.24) is 5.32 Å². The van der Waals surface area contributed by atoms with Crippen LogP contribution in [0.2, 0.25) is 0 Å². The van der Waals surface area contributed by atoms with Gasteiger partial charge in [0.05, 0.1) is 4.47 Å². The Labute approximate surface area is 126 Å². The van der Waals surface area contributed by atoms with Crippen LogP contribution in [0.5, 0.6) is 5.75 Å². The van der Waals surface area contributed by atoms with Crippen LogP contribution in [0.25, 0.3) is 0 Å². The van der Waals surface area contributed by atoms with Gasteiger partial charge in [0.15, 0.2) is 11.6 Å². The van der Waals surface area contributed by atoms with Gasteiger partial charge < -0.3 is 10.1 Å². The Kier molecular flexibility index (Phi) is 3.75. The molecule has 3 rings (SSSR count). The van der Waals surface area contributed by atoms with Crippen LogP contribution >= 0.6 is 15.9 Å².